The molecule has 19 heavy (non-hydrogen) atoms. The molecule has 96 valence electrons. The molecule has 0 unspecified atom stereocenters. The molecule has 0 aromatic carbocycles. The first kappa shape index (κ1) is 12.5. The van der Waals surface area contributed by atoms with Gasteiger partial charge in [0, 0.05) is 24.5 Å². The highest BCUT2D eigenvalue weighted by atomic mass is 16.4. The molecule has 1 amide bonds. The molecule has 7 nitrogen and oxygen atoms in total. The van der Waals surface area contributed by atoms with E-state index >= 15 is 0 Å². The van der Waals surface area contributed by atoms with Gasteiger partial charge in [0.25, 0.3) is 0 Å². The summed E-state index contributed by atoms with van der Waals surface area (Å²) in [5.74, 6) is -1.40. The zero-order valence-electron chi connectivity index (χ0n) is 9.70. The van der Waals surface area contributed by atoms with Crippen molar-refractivity contribution in [2.24, 2.45) is 0 Å². The van der Waals surface area contributed by atoms with Crippen molar-refractivity contribution in [3.05, 3.63) is 47.9 Å². The third-order valence-electron chi connectivity index (χ3n) is 2.17. The molecule has 0 atom stereocenters. The van der Waals surface area contributed by atoms with E-state index in [1.807, 2.05) is 0 Å². The summed E-state index contributed by atoms with van der Waals surface area (Å²) >= 11 is 0. The summed E-state index contributed by atoms with van der Waals surface area (Å²) in [6.45, 7) is 0. The quantitative estimate of drug-likeness (QED) is 0.713. The molecule has 3 N–H and O–H groups in total. The van der Waals surface area contributed by atoms with Crippen molar-refractivity contribution in [3.8, 4) is 0 Å². The van der Waals surface area contributed by atoms with Gasteiger partial charge in [0.05, 0.1) is 0 Å². The van der Waals surface area contributed by atoms with Crippen molar-refractivity contribution < 1.29 is 14.7 Å². The van der Waals surface area contributed by atoms with Crippen LogP contribution in [-0.4, -0.2) is 32.2 Å². The lowest BCUT2D eigenvalue weighted by molar-refractivity contribution is -0.111. The van der Waals surface area contributed by atoms with Gasteiger partial charge < -0.3 is 10.4 Å². The van der Waals surface area contributed by atoms with Gasteiger partial charge in [0.2, 0.25) is 5.91 Å². The molecule has 2 heterocycles. The van der Waals surface area contributed by atoms with E-state index in [2.05, 4.69) is 20.5 Å². The molecule has 7 heteroatoms. The minimum atomic E-state index is -1.14. The fraction of sp³-hybridized carbons (Fsp3) is 0. The van der Waals surface area contributed by atoms with Crippen LogP contribution in [0, 0.1) is 0 Å². The summed E-state index contributed by atoms with van der Waals surface area (Å²) in [7, 11) is 0. The summed E-state index contributed by atoms with van der Waals surface area (Å²) in [5, 5.41) is 17.0. The fourth-order valence-electron chi connectivity index (χ4n) is 1.31. The molecular formula is C12H10N4O3. The number of carboxylic acid groups (broad SMARTS) is 1. The molecule has 0 radical (unpaired) electrons. The number of nitrogens with zero attached hydrogens (tertiary/aromatic N) is 2. The summed E-state index contributed by atoms with van der Waals surface area (Å²) in [6.07, 6.45) is 6.15. The number of aromatic carboxylic acids is 1. The summed E-state index contributed by atoms with van der Waals surface area (Å²) < 4.78 is 0. The Balaban J connectivity index is 1.97. The number of nitrogens with one attached hydrogen (secondary N) is 2. The number of carboxylic acids is 1. The molecule has 0 spiro atoms. The Bertz CT molecular complexity index is 619. The molecule has 2 aromatic rings. The number of anilines is 1. The molecule has 2 rings (SSSR count). The number of hydrogen-bond donors (Lipinski definition) is 3. The normalized spacial score (nSPS) is 10.5. The highest BCUT2D eigenvalue weighted by Crippen LogP contribution is 2.05. The number of hydrogen-bond acceptors (Lipinski definition) is 4. The van der Waals surface area contributed by atoms with E-state index in [4.69, 9.17) is 5.11 Å². The van der Waals surface area contributed by atoms with E-state index in [9.17, 15) is 9.59 Å². The third-order valence-corrected chi connectivity index (χ3v) is 2.17. The highest BCUT2D eigenvalue weighted by molar-refractivity contribution is 6.01. The summed E-state index contributed by atoms with van der Waals surface area (Å²) in [5.41, 5.74) is 0.692. The van der Waals surface area contributed by atoms with Crippen LogP contribution in [-0.2, 0) is 4.79 Å². The highest BCUT2D eigenvalue weighted by Gasteiger charge is 2.08. The van der Waals surface area contributed by atoms with Gasteiger partial charge in [-0.25, -0.2) is 4.79 Å². The Morgan fingerprint density at radius 3 is 2.89 bits per heavy atom. The van der Waals surface area contributed by atoms with Gasteiger partial charge in [0.1, 0.15) is 5.69 Å². The van der Waals surface area contributed by atoms with Gasteiger partial charge in [-0.3, -0.25) is 14.9 Å². The maximum atomic E-state index is 11.5. The van der Waals surface area contributed by atoms with Crippen molar-refractivity contribution in [3.63, 3.8) is 0 Å². The largest absolute Gasteiger partial charge is 0.477 e. The van der Waals surface area contributed by atoms with Gasteiger partial charge >= 0.3 is 5.97 Å². The minimum absolute atomic E-state index is 0.0912. The predicted octanol–water partition coefficient (Wildman–Crippen LogP) is 1.15. The van der Waals surface area contributed by atoms with Crippen LogP contribution in [0.15, 0.2) is 36.7 Å². The summed E-state index contributed by atoms with van der Waals surface area (Å²) in [4.78, 5) is 26.1. The Hall–Kier alpha value is -2.96. The minimum Gasteiger partial charge on any atom is -0.477 e. The van der Waals surface area contributed by atoms with Crippen molar-refractivity contribution in [2.75, 3.05) is 5.32 Å². The number of carbonyl (C=O) groups is 2. The monoisotopic (exact) mass is 258 g/mol. The second-order valence-electron chi connectivity index (χ2n) is 3.58. The third kappa shape index (κ3) is 3.50. The van der Waals surface area contributed by atoms with Crippen LogP contribution < -0.4 is 5.32 Å². The number of carbonyl (C=O) groups excluding carboxylic acids is 1. The number of rotatable bonds is 4. The molecule has 2 aromatic heterocycles. The van der Waals surface area contributed by atoms with Crippen molar-refractivity contribution in [2.45, 2.75) is 0 Å². The fourth-order valence-corrected chi connectivity index (χ4v) is 1.31. The lowest BCUT2D eigenvalue weighted by Crippen LogP contribution is -2.07. The maximum absolute atomic E-state index is 11.5. The van der Waals surface area contributed by atoms with E-state index in [-0.39, 0.29) is 11.5 Å². The smallest absolute Gasteiger partial charge is 0.353 e. The second-order valence-corrected chi connectivity index (χ2v) is 3.58. The van der Waals surface area contributed by atoms with E-state index < -0.39 is 11.9 Å². The first-order valence-corrected chi connectivity index (χ1v) is 5.33. The van der Waals surface area contributed by atoms with E-state index in [0.717, 1.165) is 5.56 Å². The molecular weight excluding hydrogens is 248 g/mol. The topological polar surface area (TPSA) is 108 Å². The van der Waals surface area contributed by atoms with Crippen LogP contribution >= 0.6 is 0 Å². The number of H-pyrrole nitrogens is 1. The lowest BCUT2D eigenvalue weighted by Gasteiger charge is -1.95. The molecule has 0 bridgehead atoms. The molecule has 0 aliphatic heterocycles. The average Bonchev–Trinajstić information content (AvgIpc) is 2.86. The standard InChI is InChI=1S/C12H10N4O3/c17-11(4-3-8-2-1-5-13-7-8)14-10-6-9(12(18)19)15-16-10/h1-7H,(H,18,19)(H2,14,15,16,17). The molecule has 0 aliphatic rings. The van der Waals surface area contributed by atoms with Crippen molar-refractivity contribution in [1.29, 1.82) is 0 Å². The zero-order chi connectivity index (χ0) is 13.7. The van der Waals surface area contributed by atoms with Crippen LogP contribution in [0.2, 0.25) is 0 Å². The number of pyridine rings is 1. The Morgan fingerprint density at radius 2 is 2.26 bits per heavy atom. The van der Waals surface area contributed by atoms with Gasteiger partial charge in [-0.1, -0.05) is 6.07 Å². The van der Waals surface area contributed by atoms with Crippen LogP contribution in [0.5, 0.6) is 0 Å². The van der Waals surface area contributed by atoms with E-state index in [0.29, 0.717) is 0 Å². The SMILES string of the molecule is O=C(C=Cc1cccnc1)Nc1cc(C(=O)O)[nH]n1. The van der Waals surface area contributed by atoms with E-state index in [1.165, 1.54) is 12.1 Å². The Morgan fingerprint density at radius 1 is 1.42 bits per heavy atom. The first-order chi connectivity index (χ1) is 9.15. The van der Waals surface area contributed by atoms with Gasteiger partial charge in [-0.15, -0.1) is 0 Å². The average molecular weight is 258 g/mol. The van der Waals surface area contributed by atoms with E-state index in [1.54, 1.807) is 30.6 Å². The van der Waals surface area contributed by atoms with Gasteiger partial charge in [0.15, 0.2) is 5.82 Å². The molecule has 0 saturated heterocycles. The zero-order valence-corrected chi connectivity index (χ0v) is 9.70. The number of amides is 1. The van der Waals surface area contributed by atoms with Crippen LogP contribution in [0.4, 0.5) is 5.82 Å². The Kier molecular flexibility index (Phi) is 3.67. The molecule has 0 fully saturated rings. The Labute approximate surface area is 108 Å². The molecule has 0 aliphatic carbocycles. The number of aromatic nitrogens is 3. The van der Waals surface area contributed by atoms with Gasteiger partial charge in [-0.05, 0) is 17.7 Å². The van der Waals surface area contributed by atoms with Crippen LogP contribution in [0.25, 0.3) is 6.08 Å². The summed E-state index contributed by atoms with van der Waals surface area (Å²) in [6, 6.07) is 4.79. The predicted molar refractivity (Wildman–Crippen MR) is 67.4 cm³/mol. The van der Waals surface area contributed by atoms with Crippen molar-refractivity contribution in [1.82, 2.24) is 15.2 Å². The van der Waals surface area contributed by atoms with Crippen LogP contribution in [0.1, 0.15) is 16.1 Å². The molecule has 0 saturated carbocycles. The van der Waals surface area contributed by atoms with Gasteiger partial charge in [-0.2, -0.15) is 5.10 Å². The second kappa shape index (κ2) is 5.58. The van der Waals surface area contributed by atoms with Crippen LogP contribution in [0.3, 0.4) is 0 Å². The number of aromatic amines is 1. The lowest BCUT2D eigenvalue weighted by atomic mass is 10.2. The first-order valence-electron chi connectivity index (χ1n) is 5.33. The maximum Gasteiger partial charge on any atom is 0.353 e. The van der Waals surface area contributed by atoms with Crippen molar-refractivity contribution >= 4 is 23.8 Å².